The lowest BCUT2D eigenvalue weighted by Crippen LogP contribution is -2.33. The Kier molecular flexibility index (Phi) is 3.37. The highest BCUT2D eigenvalue weighted by Gasteiger charge is 2.36. The number of aliphatic hydroxyl groups is 1. The lowest BCUT2D eigenvalue weighted by atomic mass is 9.80. The lowest BCUT2D eigenvalue weighted by molar-refractivity contribution is 0.0281. The van der Waals surface area contributed by atoms with Gasteiger partial charge in [-0.1, -0.05) is 32.0 Å². The summed E-state index contributed by atoms with van der Waals surface area (Å²) in [6, 6.07) is 9.87. The third-order valence-corrected chi connectivity index (χ3v) is 5.14. The first kappa shape index (κ1) is 15.7. The molecule has 0 fully saturated rings. The van der Waals surface area contributed by atoms with Crippen molar-refractivity contribution in [3.63, 3.8) is 0 Å². The van der Waals surface area contributed by atoms with Gasteiger partial charge in [-0.3, -0.25) is 0 Å². The van der Waals surface area contributed by atoms with Gasteiger partial charge in [-0.05, 0) is 34.4 Å². The van der Waals surface area contributed by atoms with Gasteiger partial charge in [0, 0.05) is 24.0 Å². The predicted octanol–water partition coefficient (Wildman–Crippen LogP) is 3.65. The van der Waals surface area contributed by atoms with Crippen LogP contribution in [0.25, 0.3) is 21.5 Å². The van der Waals surface area contributed by atoms with Gasteiger partial charge in [0.2, 0.25) is 0 Å². The number of nitrogens with zero attached hydrogens (tertiary/aromatic N) is 2. The van der Waals surface area contributed by atoms with Crippen LogP contribution in [0.4, 0.5) is 0 Å². The van der Waals surface area contributed by atoms with Gasteiger partial charge < -0.3 is 19.8 Å². The Bertz CT molecular complexity index is 1060. The second-order valence-electron chi connectivity index (χ2n) is 6.91. The zero-order valence-electron chi connectivity index (χ0n) is 14.5. The summed E-state index contributed by atoms with van der Waals surface area (Å²) in [5.74, 6) is 0.229. The molecule has 0 radical (unpaired) electrons. The molecule has 0 saturated heterocycles. The van der Waals surface area contributed by atoms with Crippen LogP contribution in [-0.2, 0) is 12.6 Å². The molecule has 0 aliphatic heterocycles. The Morgan fingerprint density at radius 1 is 1.12 bits per heavy atom. The number of fused-ring (bicyclic) bond motifs is 3. The maximum Gasteiger partial charge on any atom is 0.198 e. The van der Waals surface area contributed by atoms with Crippen LogP contribution < -0.4 is 0 Å². The van der Waals surface area contributed by atoms with Gasteiger partial charge in [-0.25, -0.2) is 4.98 Å². The molecule has 2 heterocycles. The first-order chi connectivity index (χ1) is 11.9. The molecule has 0 bridgehead atoms. The van der Waals surface area contributed by atoms with E-state index >= 15 is 0 Å². The first-order valence-corrected chi connectivity index (χ1v) is 8.35. The molecule has 25 heavy (non-hydrogen) atoms. The molecule has 4 rings (SSSR count). The molecule has 128 valence electrons. The third kappa shape index (κ3) is 2.16. The molecule has 0 aliphatic carbocycles. The standard InChI is InChI=1S/C20H21N3O2/c1-12(2)20(25,18-9-21-11-22-18)14-5-7-15-13(8-14)4-6-16-17(15)10-23(3)19(16)24/h4-12,24-25H,1-3H3,(H,21,22). The van der Waals surface area contributed by atoms with Crippen molar-refractivity contribution in [2.75, 3.05) is 0 Å². The first-order valence-electron chi connectivity index (χ1n) is 8.35. The van der Waals surface area contributed by atoms with Crippen molar-refractivity contribution in [1.29, 1.82) is 0 Å². The summed E-state index contributed by atoms with van der Waals surface area (Å²) in [4.78, 5) is 7.11. The molecule has 0 amide bonds. The van der Waals surface area contributed by atoms with E-state index in [0.29, 0.717) is 5.69 Å². The molecule has 0 aliphatic rings. The smallest absolute Gasteiger partial charge is 0.198 e. The average Bonchev–Trinajstić information content (AvgIpc) is 3.23. The maximum absolute atomic E-state index is 11.4. The molecular formula is C20H21N3O2. The minimum Gasteiger partial charge on any atom is -0.494 e. The highest BCUT2D eigenvalue weighted by Crippen LogP contribution is 2.39. The summed E-state index contributed by atoms with van der Waals surface area (Å²) in [7, 11) is 1.82. The van der Waals surface area contributed by atoms with Crippen molar-refractivity contribution in [3.8, 4) is 5.88 Å². The van der Waals surface area contributed by atoms with E-state index in [2.05, 4.69) is 9.97 Å². The molecule has 1 unspecified atom stereocenters. The molecule has 5 heteroatoms. The highest BCUT2D eigenvalue weighted by atomic mass is 16.3. The van der Waals surface area contributed by atoms with E-state index in [4.69, 9.17) is 0 Å². The fourth-order valence-electron chi connectivity index (χ4n) is 3.63. The topological polar surface area (TPSA) is 74.1 Å². The van der Waals surface area contributed by atoms with Gasteiger partial charge in [0.15, 0.2) is 5.88 Å². The Labute approximate surface area is 145 Å². The number of benzene rings is 2. The zero-order chi connectivity index (χ0) is 17.8. The quantitative estimate of drug-likeness (QED) is 0.535. The van der Waals surface area contributed by atoms with Crippen LogP contribution in [0.5, 0.6) is 5.88 Å². The van der Waals surface area contributed by atoms with Crippen LogP contribution in [0.3, 0.4) is 0 Å². The fraction of sp³-hybridized carbons (Fsp3) is 0.250. The number of imidazole rings is 1. The summed E-state index contributed by atoms with van der Waals surface area (Å²) < 4.78 is 1.72. The van der Waals surface area contributed by atoms with Crippen molar-refractivity contribution in [3.05, 3.63) is 60.3 Å². The number of nitrogens with one attached hydrogen (secondary N) is 1. The predicted molar refractivity (Wildman–Crippen MR) is 98.5 cm³/mol. The number of rotatable bonds is 3. The van der Waals surface area contributed by atoms with Crippen LogP contribution in [0, 0.1) is 5.92 Å². The fourth-order valence-corrected chi connectivity index (χ4v) is 3.63. The Morgan fingerprint density at radius 2 is 1.88 bits per heavy atom. The maximum atomic E-state index is 11.4. The molecular weight excluding hydrogens is 314 g/mol. The van der Waals surface area contributed by atoms with Gasteiger partial charge in [-0.15, -0.1) is 0 Å². The van der Waals surface area contributed by atoms with Crippen LogP contribution in [0.2, 0.25) is 0 Å². The molecule has 2 aromatic carbocycles. The molecule has 0 spiro atoms. The van der Waals surface area contributed by atoms with Crippen LogP contribution >= 0.6 is 0 Å². The van der Waals surface area contributed by atoms with Crippen molar-refractivity contribution < 1.29 is 10.2 Å². The lowest BCUT2D eigenvalue weighted by Gasteiger charge is -2.32. The van der Waals surface area contributed by atoms with Gasteiger partial charge in [0.1, 0.15) is 5.60 Å². The number of aryl methyl sites for hydroxylation is 1. The van der Waals surface area contributed by atoms with Gasteiger partial charge in [0.25, 0.3) is 0 Å². The zero-order valence-corrected chi connectivity index (χ0v) is 14.5. The van der Waals surface area contributed by atoms with E-state index in [-0.39, 0.29) is 11.8 Å². The summed E-state index contributed by atoms with van der Waals surface area (Å²) in [5.41, 5.74) is 0.359. The van der Waals surface area contributed by atoms with Crippen molar-refractivity contribution in [2.24, 2.45) is 13.0 Å². The van der Waals surface area contributed by atoms with E-state index in [1.54, 1.807) is 17.1 Å². The minimum atomic E-state index is -1.14. The second-order valence-corrected chi connectivity index (χ2v) is 6.91. The number of hydrogen-bond acceptors (Lipinski definition) is 3. The Morgan fingerprint density at radius 3 is 2.56 bits per heavy atom. The summed E-state index contributed by atoms with van der Waals surface area (Å²) in [6.07, 6.45) is 5.18. The van der Waals surface area contributed by atoms with Crippen LogP contribution in [0.1, 0.15) is 25.1 Å². The number of H-pyrrole nitrogens is 1. The summed E-state index contributed by atoms with van der Waals surface area (Å²) >= 11 is 0. The number of aromatic hydroxyl groups is 1. The Balaban J connectivity index is 1.96. The van der Waals surface area contributed by atoms with Gasteiger partial charge in [0.05, 0.1) is 18.2 Å². The van der Waals surface area contributed by atoms with Crippen molar-refractivity contribution in [2.45, 2.75) is 19.4 Å². The normalized spacial score (nSPS) is 14.4. The molecule has 3 N–H and O–H groups in total. The van der Waals surface area contributed by atoms with E-state index in [0.717, 1.165) is 27.1 Å². The van der Waals surface area contributed by atoms with Crippen molar-refractivity contribution in [1.82, 2.24) is 14.5 Å². The SMILES string of the molecule is CC(C)C(O)(c1ccc2c(ccc3c(O)n(C)cc32)c1)c1cnc[nH]1. The van der Waals surface area contributed by atoms with E-state index in [1.807, 2.05) is 57.4 Å². The minimum absolute atomic E-state index is 0.0325. The number of aromatic amines is 1. The summed E-state index contributed by atoms with van der Waals surface area (Å²) in [5, 5.41) is 25.5. The molecule has 1 atom stereocenters. The molecule has 0 saturated carbocycles. The average molecular weight is 335 g/mol. The van der Waals surface area contributed by atoms with E-state index in [9.17, 15) is 10.2 Å². The largest absolute Gasteiger partial charge is 0.494 e. The second kappa shape index (κ2) is 5.36. The van der Waals surface area contributed by atoms with E-state index < -0.39 is 5.60 Å². The van der Waals surface area contributed by atoms with Gasteiger partial charge >= 0.3 is 0 Å². The molecule has 5 nitrogen and oxygen atoms in total. The van der Waals surface area contributed by atoms with Gasteiger partial charge in [-0.2, -0.15) is 0 Å². The number of hydrogen-bond donors (Lipinski definition) is 3. The summed E-state index contributed by atoms with van der Waals surface area (Å²) in [6.45, 7) is 3.98. The van der Waals surface area contributed by atoms with Crippen LogP contribution in [0.15, 0.2) is 49.1 Å². The van der Waals surface area contributed by atoms with E-state index in [1.165, 1.54) is 0 Å². The van der Waals surface area contributed by atoms with Crippen molar-refractivity contribution >= 4 is 21.5 Å². The van der Waals surface area contributed by atoms with Crippen LogP contribution in [-0.4, -0.2) is 24.7 Å². The molecule has 4 aromatic rings. The monoisotopic (exact) mass is 335 g/mol. The third-order valence-electron chi connectivity index (χ3n) is 5.14. The Hall–Kier alpha value is -2.79. The molecule has 2 aromatic heterocycles. The highest BCUT2D eigenvalue weighted by molar-refractivity contribution is 6.09. The number of aromatic nitrogens is 3.